The maximum Gasteiger partial charge on any atom is 0.152 e. The van der Waals surface area contributed by atoms with E-state index >= 15 is 4.39 Å². The minimum Gasteiger partial charge on any atom is -0.394 e. The van der Waals surface area contributed by atoms with Gasteiger partial charge >= 0.3 is 0 Å². The van der Waals surface area contributed by atoms with Gasteiger partial charge in [0.1, 0.15) is 0 Å². The Balaban J connectivity index is 2.15. The van der Waals surface area contributed by atoms with Gasteiger partial charge in [-0.05, 0) is 49.2 Å². The first-order chi connectivity index (χ1) is 12.9. The quantitative estimate of drug-likeness (QED) is 0.442. The van der Waals surface area contributed by atoms with Gasteiger partial charge in [0, 0.05) is 18.7 Å². The predicted molar refractivity (Wildman–Crippen MR) is 114 cm³/mol. The predicted octanol–water partition coefficient (Wildman–Crippen LogP) is 5.80. The second-order valence-electron chi connectivity index (χ2n) is 6.98. The highest BCUT2D eigenvalue weighted by atomic mass is 19.1. The highest BCUT2D eigenvalue weighted by Crippen LogP contribution is 2.29. The Morgan fingerprint density at radius 3 is 2.33 bits per heavy atom. The minimum atomic E-state index is -1.48. The smallest absolute Gasteiger partial charge is 0.152 e. The highest BCUT2D eigenvalue weighted by Gasteiger charge is 2.25. The molecular formula is C24H29FN2. The zero-order chi connectivity index (χ0) is 19.7. The average Bonchev–Trinajstić information content (AvgIpc) is 2.70. The molecule has 0 amide bonds. The van der Waals surface area contributed by atoms with Crippen molar-refractivity contribution in [1.29, 1.82) is 0 Å². The maximum absolute atomic E-state index is 15.0. The van der Waals surface area contributed by atoms with E-state index in [1.54, 1.807) is 6.92 Å². The summed E-state index contributed by atoms with van der Waals surface area (Å²) in [6.45, 7) is 7.89. The van der Waals surface area contributed by atoms with Crippen LogP contribution in [-0.2, 0) is 5.67 Å². The SMILES string of the molecule is C=C(/C=C\NC)C(C/C(C)=N\CC(C)(F)c1ccccc1)c1ccccc1. The number of allylic oxidation sites excluding steroid dienone is 2. The van der Waals surface area contributed by atoms with Gasteiger partial charge in [-0.25, -0.2) is 4.39 Å². The van der Waals surface area contributed by atoms with Crippen LogP contribution in [0.2, 0.25) is 0 Å². The third kappa shape index (κ3) is 6.21. The van der Waals surface area contributed by atoms with E-state index in [2.05, 4.69) is 29.0 Å². The molecule has 0 aliphatic carbocycles. The van der Waals surface area contributed by atoms with E-state index in [0.29, 0.717) is 12.0 Å². The molecule has 142 valence electrons. The van der Waals surface area contributed by atoms with Gasteiger partial charge in [0.2, 0.25) is 0 Å². The van der Waals surface area contributed by atoms with E-state index in [1.807, 2.05) is 74.8 Å². The Morgan fingerprint density at radius 2 is 1.74 bits per heavy atom. The van der Waals surface area contributed by atoms with Crippen LogP contribution in [0.25, 0.3) is 0 Å². The third-order valence-electron chi connectivity index (χ3n) is 4.63. The van der Waals surface area contributed by atoms with Crippen molar-refractivity contribution in [2.75, 3.05) is 13.6 Å². The zero-order valence-corrected chi connectivity index (χ0v) is 16.5. The molecule has 0 aromatic heterocycles. The van der Waals surface area contributed by atoms with Gasteiger partial charge in [-0.3, -0.25) is 4.99 Å². The molecule has 3 heteroatoms. The number of benzene rings is 2. The van der Waals surface area contributed by atoms with Gasteiger partial charge < -0.3 is 5.32 Å². The van der Waals surface area contributed by atoms with E-state index in [-0.39, 0.29) is 12.5 Å². The molecule has 2 nitrogen and oxygen atoms in total. The lowest BCUT2D eigenvalue weighted by Gasteiger charge is -2.21. The lowest BCUT2D eigenvalue weighted by Crippen LogP contribution is -2.20. The molecule has 0 radical (unpaired) electrons. The molecule has 0 aliphatic rings. The third-order valence-corrected chi connectivity index (χ3v) is 4.63. The number of halogens is 1. The van der Waals surface area contributed by atoms with E-state index in [1.165, 1.54) is 5.56 Å². The Hall–Kier alpha value is -2.68. The summed E-state index contributed by atoms with van der Waals surface area (Å²) in [5, 5.41) is 3.00. The molecule has 2 atom stereocenters. The molecule has 0 heterocycles. The fourth-order valence-corrected chi connectivity index (χ4v) is 2.98. The van der Waals surface area contributed by atoms with Gasteiger partial charge in [0.15, 0.2) is 5.67 Å². The van der Waals surface area contributed by atoms with Crippen molar-refractivity contribution in [2.45, 2.75) is 31.9 Å². The fourth-order valence-electron chi connectivity index (χ4n) is 2.98. The van der Waals surface area contributed by atoms with Crippen LogP contribution in [0.4, 0.5) is 4.39 Å². The molecule has 0 saturated carbocycles. The number of aliphatic imine (C=N–C) groups is 1. The van der Waals surface area contributed by atoms with E-state index in [0.717, 1.165) is 11.3 Å². The number of nitrogens with zero attached hydrogens (tertiary/aromatic N) is 1. The first kappa shape index (κ1) is 20.6. The molecule has 2 aromatic carbocycles. The second-order valence-corrected chi connectivity index (χ2v) is 6.98. The summed E-state index contributed by atoms with van der Waals surface area (Å²) in [5.41, 5.74) is 2.28. The molecule has 1 N–H and O–H groups in total. The number of hydrogen-bond acceptors (Lipinski definition) is 2. The standard InChI is InChI=1S/C24H29FN2/c1-19(15-16-26-4)23(21-11-7-5-8-12-21)17-20(2)27-18-24(3,25)22-13-9-6-10-14-22/h5-16,23,26H,1,17-18H2,2-4H3/b16-15-,27-20-. The first-order valence-electron chi connectivity index (χ1n) is 9.26. The molecule has 0 fully saturated rings. The number of nitrogens with one attached hydrogen (secondary N) is 1. The summed E-state index contributed by atoms with van der Waals surface area (Å²) in [5.74, 6) is 0.113. The van der Waals surface area contributed by atoms with Crippen LogP contribution in [0, 0.1) is 0 Å². The Kier molecular flexibility index (Phi) is 7.54. The van der Waals surface area contributed by atoms with Crippen molar-refractivity contribution in [3.63, 3.8) is 0 Å². The van der Waals surface area contributed by atoms with Gasteiger partial charge in [0.05, 0.1) is 6.54 Å². The summed E-state index contributed by atoms with van der Waals surface area (Å²) >= 11 is 0. The van der Waals surface area contributed by atoms with Gasteiger partial charge in [-0.2, -0.15) is 0 Å². The largest absolute Gasteiger partial charge is 0.394 e. The van der Waals surface area contributed by atoms with Crippen molar-refractivity contribution >= 4 is 5.71 Å². The molecule has 2 rings (SSSR count). The topological polar surface area (TPSA) is 24.4 Å². The van der Waals surface area contributed by atoms with Gasteiger partial charge in [-0.1, -0.05) is 67.2 Å². The van der Waals surface area contributed by atoms with E-state index < -0.39 is 5.67 Å². The lowest BCUT2D eigenvalue weighted by atomic mass is 9.87. The van der Waals surface area contributed by atoms with Gasteiger partial charge in [0.25, 0.3) is 0 Å². The molecule has 2 aromatic rings. The van der Waals surface area contributed by atoms with E-state index in [9.17, 15) is 0 Å². The normalized spacial score (nSPS) is 15.3. The maximum atomic E-state index is 15.0. The Bertz CT molecular complexity index is 777. The van der Waals surface area contributed by atoms with Crippen LogP contribution in [-0.4, -0.2) is 19.3 Å². The summed E-state index contributed by atoms with van der Waals surface area (Å²) in [6.07, 6.45) is 4.56. The monoisotopic (exact) mass is 364 g/mol. The summed E-state index contributed by atoms with van der Waals surface area (Å²) in [6, 6.07) is 19.5. The Labute approximate surface area is 162 Å². The van der Waals surface area contributed by atoms with Crippen LogP contribution in [0.1, 0.15) is 37.3 Å². The number of hydrogen-bond donors (Lipinski definition) is 1. The molecule has 2 unspecified atom stereocenters. The molecular weight excluding hydrogens is 335 g/mol. The van der Waals surface area contributed by atoms with Crippen molar-refractivity contribution in [3.8, 4) is 0 Å². The second kappa shape index (κ2) is 9.86. The number of alkyl halides is 1. The lowest BCUT2D eigenvalue weighted by molar-refractivity contribution is 0.204. The summed E-state index contributed by atoms with van der Waals surface area (Å²) < 4.78 is 15.0. The van der Waals surface area contributed by atoms with Crippen LogP contribution in [0.3, 0.4) is 0 Å². The first-order valence-corrected chi connectivity index (χ1v) is 9.26. The number of rotatable bonds is 9. The van der Waals surface area contributed by atoms with Crippen LogP contribution in [0.15, 0.2) is 90.1 Å². The molecule has 0 bridgehead atoms. The average molecular weight is 365 g/mol. The molecule has 27 heavy (non-hydrogen) atoms. The summed E-state index contributed by atoms with van der Waals surface area (Å²) in [4.78, 5) is 4.56. The van der Waals surface area contributed by atoms with Crippen LogP contribution >= 0.6 is 0 Å². The molecule has 0 spiro atoms. The zero-order valence-electron chi connectivity index (χ0n) is 16.5. The van der Waals surface area contributed by atoms with E-state index in [4.69, 9.17) is 0 Å². The van der Waals surface area contributed by atoms with Crippen molar-refractivity contribution in [2.24, 2.45) is 4.99 Å². The van der Waals surface area contributed by atoms with Crippen molar-refractivity contribution in [3.05, 3.63) is 96.2 Å². The van der Waals surface area contributed by atoms with Crippen LogP contribution < -0.4 is 5.32 Å². The molecule has 0 saturated heterocycles. The van der Waals surface area contributed by atoms with Crippen LogP contribution in [0.5, 0.6) is 0 Å². The molecule has 0 aliphatic heterocycles. The van der Waals surface area contributed by atoms with Crippen molar-refractivity contribution < 1.29 is 4.39 Å². The van der Waals surface area contributed by atoms with Crippen molar-refractivity contribution in [1.82, 2.24) is 5.32 Å². The fraction of sp³-hybridized carbons (Fsp3) is 0.292. The highest BCUT2D eigenvalue weighted by molar-refractivity contribution is 5.83. The minimum absolute atomic E-state index is 0.113. The Morgan fingerprint density at radius 1 is 1.15 bits per heavy atom. The summed E-state index contributed by atoms with van der Waals surface area (Å²) in [7, 11) is 1.86. The van der Waals surface area contributed by atoms with Gasteiger partial charge in [-0.15, -0.1) is 0 Å².